The molecular formula is C24H33N3O4S. The molecule has 0 bridgehead atoms. The molecule has 0 saturated heterocycles. The van der Waals surface area contributed by atoms with E-state index < -0.39 is 15.9 Å². The molecule has 0 aromatic heterocycles. The molecule has 0 heterocycles. The van der Waals surface area contributed by atoms with Crippen LogP contribution in [0.2, 0.25) is 0 Å². The minimum absolute atomic E-state index is 0.00489. The quantitative estimate of drug-likeness (QED) is 0.448. The van der Waals surface area contributed by atoms with Crippen molar-refractivity contribution in [2.75, 3.05) is 11.3 Å². The van der Waals surface area contributed by atoms with Gasteiger partial charge in [-0.05, 0) is 62.1 Å². The number of carbonyl (C=O) groups is 2. The van der Waals surface area contributed by atoms with Crippen molar-refractivity contribution in [3.8, 4) is 0 Å². The number of amides is 2. The van der Waals surface area contributed by atoms with E-state index in [4.69, 9.17) is 0 Å². The van der Waals surface area contributed by atoms with Gasteiger partial charge in [0.25, 0.3) is 15.9 Å². The zero-order valence-corrected chi connectivity index (χ0v) is 19.8. The summed E-state index contributed by atoms with van der Waals surface area (Å²) in [5.41, 5.74) is 1.84. The summed E-state index contributed by atoms with van der Waals surface area (Å²) in [4.78, 5) is 24.2. The van der Waals surface area contributed by atoms with Gasteiger partial charge in [-0.3, -0.25) is 14.3 Å². The van der Waals surface area contributed by atoms with E-state index in [1.807, 2.05) is 26.0 Å². The van der Waals surface area contributed by atoms with E-state index in [0.29, 0.717) is 5.69 Å². The van der Waals surface area contributed by atoms with Crippen LogP contribution < -0.4 is 15.4 Å². The van der Waals surface area contributed by atoms with Crippen molar-refractivity contribution in [1.29, 1.82) is 0 Å². The average molecular weight is 460 g/mol. The maximum atomic E-state index is 12.8. The second kappa shape index (κ2) is 12.2. The summed E-state index contributed by atoms with van der Waals surface area (Å²) >= 11 is 0. The molecule has 32 heavy (non-hydrogen) atoms. The van der Waals surface area contributed by atoms with Crippen molar-refractivity contribution in [1.82, 2.24) is 10.6 Å². The van der Waals surface area contributed by atoms with Crippen LogP contribution in [0.4, 0.5) is 5.69 Å². The molecule has 2 amide bonds. The van der Waals surface area contributed by atoms with Crippen molar-refractivity contribution >= 4 is 27.5 Å². The number of carbonyl (C=O) groups excluding carboxylic acids is 2. The monoisotopic (exact) mass is 459 g/mol. The number of anilines is 1. The first kappa shape index (κ1) is 25.4. The van der Waals surface area contributed by atoms with Gasteiger partial charge in [0.2, 0.25) is 5.91 Å². The Kier molecular flexibility index (Phi) is 9.71. The molecule has 2 aromatic rings. The largest absolute Gasteiger partial charge is 0.354 e. The second-order valence-electron chi connectivity index (χ2n) is 7.82. The van der Waals surface area contributed by atoms with Crippen LogP contribution in [0.15, 0.2) is 53.4 Å². The standard InChI is InChI=1S/C24H33N3O4S/c1-4-6-8-19-11-13-21(14-12-19)27-32(30,31)22-10-7-9-20(17-22)24(29)25-16-15-23(28)26-18(3)5-2/h7,9-14,17-18,27H,4-6,8,15-16H2,1-3H3,(H,25,29)(H,26,28). The molecule has 0 radical (unpaired) electrons. The predicted octanol–water partition coefficient (Wildman–Crippen LogP) is 3.86. The molecule has 0 aliphatic heterocycles. The fourth-order valence-electron chi connectivity index (χ4n) is 2.98. The summed E-state index contributed by atoms with van der Waals surface area (Å²) in [6.07, 6.45) is 4.13. The third-order valence-corrected chi connectivity index (χ3v) is 6.47. The van der Waals surface area contributed by atoms with Gasteiger partial charge in [-0.25, -0.2) is 8.42 Å². The highest BCUT2D eigenvalue weighted by Crippen LogP contribution is 2.18. The van der Waals surface area contributed by atoms with Gasteiger partial charge in [0, 0.05) is 30.3 Å². The fraction of sp³-hybridized carbons (Fsp3) is 0.417. The third-order valence-electron chi connectivity index (χ3n) is 5.09. The van der Waals surface area contributed by atoms with E-state index in [1.165, 1.54) is 24.3 Å². The topological polar surface area (TPSA) is 104 Å². The third kappa shape index (κ3) is 8.00. The molecule has 2 rings (SSSR count). The Hall–Kier alpha value is -2.87. The maximum Gasteiger partial charge on any atom is 0.261 e. The van der Waals surface area contributed by atoms with Gasteiger partial charge < -0.3 is 10.6 Å². The lowest BCUT2D eigenvalue weighted by molar-refractivity contribution is -0.121. The molecule has 8 heteroatoms. The number of benzene rings is 2. The van der Waals surface area contributed by atoms with Crippen LogP contribution in [0.1, 0.15) is 62.4 Å². The molecule has 1 unspecified atom stereocenters. The van der Waals surface area contributed by atoms with Crippen molar-refractivity contribution in [3.05, 3.63) is 59.7 Å². The van der Waals surface area contributed by atoms with E-state index in [0.717, 1.165) is 31.2 Å². The molecule has 3 N–H and O–H groups in total. The van der Waals surface area contributed by atoms with E-state index in [2.05, 4.69) is 22.3 Å². The van der Waals surface area contributed by atoms with Crippen molar-refractivity contribution in [3.63, 3.8) is 0 Å². The van der Waals surface area contributed by atoms with Crippen LogP contribution in [0, 0.1) is 0 Å². The lowest BCUT2D eigenvalue weighted by Gasteiger charge is -2.12. The van der Waals surface area contributed by atoms with Crippen molar-refractivity contribution in [2.24, 2.45) is 0 Å². The van der Waals surface area contributed by atoms with Gasteiger partial charge in [-0.1, -0.05) is 38.5 Å². The maximum absolute atomic E-state index is 12.8. The molecule has 0 spiro atoms. The Morgan fingerprint density at radius 3 is 2.41 bits per heavy atom. The summed E-state index contributed by atoms with van der Waals surface area (Å²) < 4.78 is 28.1. The SMILES string of the molecule is CCCCc1ccc(NS(=O)(=O)c2cccc(C(=O)NCCC(=O)NC(C)CC)c2)cc1. The molecule has 7 nitrogen and oxygen atoms in total. The molecule has 174 valence electrons. The first-order chi connectivity index (χ1) is 15.2. The summed E-state index contributed by atoms with van der Waals surface area (Å²) in [5.74, 6) is -0.570. The zero-order valence-electron chi connectivity index (χ0n) is 19.0. The molecule has 2 aromatic carbocycles. The average Bonchev–Trinajstić information content (AvgIpc) is 2.78. The van der Waals surface area contributed by atoms with E-state index >= 15 is 0 Å². The Morgan fingerprint density at radius 2 is 1.75 bits per heavy atom. The Balaban J connectivity index is 1.98. The first-order valence-electron chi connectivity index (χ1n) is 11.0. The van der Waals surface area contributed by atoms with E-state index in [9.17, 15) is 18.0 Å². The van der Waals surface area contributed by atoms with Gasteiger partial charge in [0.1, 0.15) is 0 Å². The minimum Gasteiger partial charge on any atom is -0.354 e. The molecule has 0 fully saturated rings. The highest BCUT2D eigenvalue weighted by atomic mass is 32.2. The predicted molar refractivity (Wildman–Crippen MR) is 127 cm³/mol. The highest BCUT2D eigenvalue weighted by Gasteiger charge is 2.17. The Morgan fingerprint density at radius 1 is 1.03 bits per heavy atom. The smallest absolute Gasteiger partial charge is 0.261 e. The highest BCUT2D eigenvalue weighted by molar-refractivity contribution is 7.92. The number of nitrogens with one attached hydrogen (secondary N) is 3. The number of rotatable bonds is 12. The zero-order chi connectivity index (χ0) is 23.6. The van der Waals surface area contributed by atoms with Crippen LogP contribution >= 0.6 is 0 Å². The number of unbranched alkanes of at least 4 members (excludes halogenated alkanes) is 1. The number of aryl methyl sites for hydroxylation is 1. The normalized spacial score (nSPS) is 12.1. The van der Waals surface area contributed by atoms with Gasteiger partial charge in [0.15, 0.2) is 0 Å². The number of sulfonamides is 1. The van der Waals surface area contributed by atoms with Crippen LogP contribution in [0.3, 0.4) is 0 Å². The molecular weight excluding hydrogens is 426 g/mol. The second-order valence-corrected chi connectivity index (χ2v) is 9.50. The lowest BCUT2D eigenvalue weighted by Crippen LogP contribution is -2.35. The first-order valence-corrected chi connectivity index (χ1v) is 12.5. The van der Waals surface area contributed by atoms with E-state index in [-0.39, 0.29) is 35.4 Å². The fourth-order valence-corrected chi connectivity index (χ4v) is 4.08. The molecule has 0 saturated carbocycles. The van der Waals surface area contributed by atoms with Crippen LogP contribution in [-0.4, -0.2) is 32.8 Å². The van der Waals surface area contributed by atoms with Gasteiger partial charge in [0.05, 0.1) is 4.90 Å². The van der Waals surface area contributed by atoms with Crippen LogP contribution in [-0.2, 0) is 21.2 Å². The number of hydrogen-bond donors (Lipinski definition) is 3. The lowest BCUT2D eigenvalue weighted by atomic mass is 10.1. The van der Waals surface area contributed by atoms with E-state index in [1.54, 1.807) is 12.1 Å². The summed E-state index contributed by atoms with van der Waals surface area (Å²) in [5, 5.41) is 5.49. The van der Waals surface area contributed by atoms with Gasteiger partial charge >= 0.3 is 0 Å². The molecule has 0 aliphatic rings. The van der Waals surface area contributed by atoms with Crippen molar-refractivity contribution in [2.45, 2.75) is 63.8 Å². The Labute approximate surface area is 191 Å². The summed E-state index contributed by atoms with van der Waals surface area (Å²) in [7, 11) is -3.84. The van der Waals surface area contributed by atoms with Gasteiger partial charge in [-0.15, -0.1) is 0 Å². The van der Waals surface area contributed by atoms with Gasteiger partial charge in [-0.2, -0.15) is 0 Å². The minimum atomic E-state index is -3.84. The summed E-state index contributed by atoms with van der Waals surface area (Å²) in [6.45, 7) is 6.19. The molecule has 0 aliphatic carbocycles. The number of hydrogen-bond acceptors (Lipinski definition) is 4. The van der Waals surface area contributed by atoms with Crippen LogP contribution in [0.25, 0.3) is 0 Å². The van der Waals surface area contributed by atoms with Crippen molar-refractivity contribution < 1.29 is 18.0 Å². The molecule has 1 atom stereocenters. The van der Waals surface area contributed by atoms with Crippen LogP contribution in [0.5, 0.6) is 0 Å². The Bertz CT molecular complexity index is 1000. The summed E-state index contributed by atoms with van der Waals surface area (Å²) in [6, 6.07) is 13.2.